The molecule has 24 rings (SSSR count). The fraction of sp³-hybridized carbons (Fsp3) is 0.00870. The summed E-state index contributed by atoms with van der Waals surface area (Å²) >= 11 is 0. The van der Waals surface area contributed by atoms with E-state index in [0.717, 1.165) is 51.2 Å². The van der Waals surface area contributed by atoms with Crippen molar-refractivity contribution in [3.63, 3.8) is 0 Å². The van der Waals surface area contributed by atoms with Gasteiger partial charge in [-0.3, -0.25) is 0 Å². The first-order valence-corrected chi connectivity index (χ1v) is 41.0. The van der Waals surface area contributed by atoms with Gasteiger partial charge in [0, 0.05) is 49.4 Å². The predicted molar refractivity (Wildman–Crippen MR) is 502 cm³/mol. The average Bonchev–Trinajstić information content (AvgIpc) is 1.52. The fourth-order valence-corrected chi connectivity index (χ4v) is 19.7. The molecule has 118 heavy (non-hydrogen) atoms. The number of hydrogen-bond acceptors (Lipinski definition) is 0. The van der Waals surface area contributed by atoms with Crippen molar-refractivity contribution in [2.75, 3.05) is 0 Å². The first kappa shape index (κ1) is 67.1. The molecule has 0 aliphatic rings. The van der Waals surface area contributed by atoms with Gasteiger partial charge in [-0.1, -0.05) is 340 Å². The fourth-order valence-electron chi connectivity index (χ4n) is 19.7. The summed E-state index contributed by atoms with van der Waals surface area (Å²) in [7, 11) is 0. The van der Waals surface area contributed by atoms with Crippen molar-refractivity contribution in [1.82, 2.24) is 13.7 Å². The number of fused-ring (bicyclic) bond motifs is 18. The van der Waals surface area contributed by atoms with Gasteiger partial charge in [0.05, 0.1) is 33.1 Å². The third kappa shape index (κ3) is 11.0. The predicted octanol–water partition coefficient (Wildman–Crippen LogP) is 31.2. The minimum Gasteiger partial charge on any atom is -0.309 e. The Morgan fingerprint density at radius 1 is 0.153 bits per heavy atom. The molecular formula is C115H73N3. The van der Waals surface area contributed by atoms with Gasteiger partial charge < -0.3 is 13.7 Å². The van der Waals surface area contributed by atoms with Crippen LogP contribution < -0.4 is 0 Å². The summed E-state index contributed by atoms with van der Waals surface area (Å²) < 4.78 is 7.41. The lowest BCUT2D eigenvalue weighted by molar-refractivity contribution is 1.17. The molecule has 24 aromatic rings. The molecule has 3 heterocycles. The third-order valence-corrected chi connectivity index (χ3v) is 25.2. The maximum atomic E-state index is 2.49. The monoisotopic (exact) mass is 1500 g/mol. The van der Waals surface area contributed by atoms with Gasteiger partial charge in [0.15, 0.2) is 0 Å². The number of nitrogens with zero attached hydrogens (tertiary/aromatic N) is 3. The van der Waals surface area contributed by atoms with Crippen molar-refractivity contribution in [1.29, 1.82) is 0 Å². The number of para-hydroxylation sites is 1. The molecule has 0 spiro atoms. The first-order valence-electron chi connectivity index (χ1n) is 41.0. The van der Waals surface area contributed by atoms with Gasteiger partial charge in [0.2, 0.25) is 0 Å². The molecule has 0 unspecified atom stereocenters. The van der Waals surface area contributed by atoms with Crippen molar-refractivity contribution in [3.8, 4) is 95.0 Å². The van der Waals surface area contributed by atoms with Gasteiger partial charge >= 0.3 is 0 Å². The van der Waals surface area contributed by atoms with Crippen LogP contribution in [0.15, 0.2) is 431 Å². The molecule has 3 nitrogen and oxygen atoms in total. The van der Waals surface area contributed by atoms with Gasteiger partial charge in [-0.2, -0.15) is 0 Å². The molecule has 0 N–H and O–H groups in total. The minimum atomic E-state index is 0.811. The molecule has 21 aromatic carbocycles. The van der Waals surface area contributed by atoms with E-state index in [4.69, 9.17) is 0 Å². The minimum absolute atomic E-state index is 0.811. The molecule has 0 bridgehead atoms. The summed E-state index contributed by atoms with van der Waals surface area (Å²) in [4.78, 5) is 0. The Hall–Kier alpha value is -15.4. The Bertz CT molecular complexity index is 8240. The second kappa shape index (κ2) is 27.1. The third-order valence-electron chi connectivity index (χ3n) is 25.2. The SMILES string of the molecule is c1ccc(-c2ccc3c(c2)c2ccccc2n3-c2cccc(-c3cccc(-n4c5ccc(-c6ccccc6)cc5c5ccc(-c6ccc(-c7ccc8c9c%10ccccc%10ccc9n(-c9ccc(-c%10ccc(Cc%11cc%12cc(-c%13cccc%14ccccc%13%14)ccc%12c%12c%11ccc%11ccccc%11%12)cc%10)cc9)c8c7)c7ccccc67)cc54)c3)c2)cc1. The molecule has 0 aliphatic carbocycles. The van der Waals surface area contributed by atoms with E-state index in [2.05, 4.69) is 444 Å². The summed E-state index contributed by atoms with van der Waals surface area (Å²) in [6.07, 6.45) is 0.811. The molecular weight excluding hydrogens is 1420 g/mol. The van der Waals surface area contributed by atoms with Gasteiger partial charge in [-0.05, 0) is 251 Å². The van der Waals surface area contributed by atoms with Crippen LogP contribution in [-0.2, 0) is 6.42 Å². The van der Waals surface area contributed by atoms with Crippen molar-refractivity contribution >= 4 is 130 Å². The Morgan fingerprint density at radius 3 is 1.16 bits per heavy atom. The molecule has 0 fully saturated rings. The Labute approximate surface area is 682 Å². The van der Waals surface area contributed by atoms with E-state index in [1.807, 2.05) is 0 Å². The van der Waals surface area contributed by atoms with E-state index in [1.165, 1.54) is 191 Å². The zero-order valence-electron chi connectivity index (χ0n) is 64.5. The molecule has 3 aromatic heterocycles. The highest BCUT2D eigenvalue weighted by molar-refractivity contribution is 6.24. The largest absolute Gasteiger partial charge is 0.309 e. The van der Waals surface area contributed by atoms with Gasteiger partial charge in [0.25, 0.3) is 0 Å². The molecule has 0 atom stereocenters. The van der Waals surface area contributed by atoms with Gasteiger partial charge in [0.1, 0.15) is 0 Å². The van der Waals surface area contributed by atoms with Crippen molar-refractivity contribution in [2.45, 2.75) is 6.42 Å². The lowest BCUT2D eigenvalue weighted by atomic mass is 9.88. The highest BCUT2D eigenvalue weighted by atomic mass is 15.0. The molecule has 548 valence electrons. The molecule has 0 saturated heterocycles. The Kier molecular flexibility index (Phi) is 15.4. The quantitative estimate of drug-likeness (QED) is 0.108. The zero-order chi connectivity index (χ0) is 77.5. The topological polar surface area (TPSA) is 14.8 Å². The Morgan fingerprint density at radius 2 is 0.534 bits per heavy atom. The van der Waals surface area contributed by atoms with Crippen LogP contribution in [-0.4, -0.2) is 13.7 Å². The summed E-state index contributed by atoms with van der Waals surface area (Å²) in [6.45, 7) is 0. The second-order valence-corrected chi connectivity index (χ2v) is 31.8. The summed E-state index contributed by atoms with van der Waals surface area (Å²) in [5, 5.41) is 22.5. The van der Waals surface area contributed by atoms with Crippen LogP contribution in [0.3, 0.4) is 0 Å². The number of rotatable bonds is 12. The van der Waals surface area contributed by atoms with Crippen LogP contribution in [0.5, 0.6) is 0 Å². The van der Waals surface area contributed by atoms with Crippen molar-refractivity contribution in [2.24, 2.45) is 0 Å². The normalized spacial score (nSPS) is 11.9. The maximum Gasteiger partial charge on any atom is 0.0547 e. The van der Waals surface area contributed by atoms with E-state index >= 15 is 0 Å². The standard InChI is InChI=1S/C115H73N3/c1-3-20-74(21-4-1)83-51-61-109-106(69-83)103-37-15-16-39-108(103)117(109)91-30-17-28-81(67-91)82-29-18-31-92(68-82)118-110-62-52-84(75-22-5-2-6-23-75)70-107(110)104-57-48-86(71-112(104)118)95-59-60-96(102-36-14-13-35-101(95)102)87-49-58-105-113(72-87)116(111-63-50-80-26-9-12-34-98(80)115(105)111)90-53-44-77(45-54-90)76-42-40-73(41-43-76)64-88-66-89-65-85(94-38-19-27-78-24-7-10-32-93(78)94)47-56-100(89)114-97-33-11-8-25-79(97)46-55-99(88)114/h1-63,65-72H,64H2. The van der Waals surface area contributed by atoms with Gasteiger partial charge in [-0.25, -0.2) is 0 Å². The average molecular weight is 1500 g/mol. The van der Waals surface area contributed by atoms with Crippen molar-refractivity contribution in [3.05, 3.63) is 442 Å². The molecule has 0 aliphatic heterocycles. The van der Waals surface area contributed by atoms with E-state index < -0.39 is 0 Å². The highest BCUT2D eigenvalue weighted by Crippen LogP contribution is 2.47. The van der Waals surface area contributed by atoms with E-state index in [1.54, 1.807) is 0 Å². The Balaban J connectivity index is 0.580. The number of aromatic nitrogens is 3. The van der Waals surface area contributed by atoms with Crippen LogP contribution in [0.2, 0.25) is 0 Å². The van der Waals surface area contributed by atoms with Crippen LogP contribution in [0.4, 0.5) is 0 Å². The lowest BCUT2D eigenvalue weighted by Crippen LogP contribution is -1.96. The zero-order valence-corrected chi connectivity index (χ0v) is 64.5. The van der Waals surface area contributed by atoms with E-state index in [9.17, 15) is 0 Å². The van der Waals surface area contributed by atoms with Gasteiger partial charge in [-0.15, -0.1) is 0 Å². The maximum absolute atomic E-state index is 2.49. The molecule has 3 heteroatoms. The smallest absolute Gasteiger partial charge is 0.0547 e. The molecule has 0 saturated carbocycles. The number of benzene rings is 21. The summed E-state index contributed by atoms with van der Waals surface area (Å²) in [5.41, 5.74) is 29.6. The van der Waals surface area contributed by atoms with Crippen LogP contribution in [0.1, 0.15) is 11.1 Å². The first-order chi connectivity index (χ1) is 58.5. The molecule has 0 radical (unpaired) electrons. The molecule has 0 amide bonds. The summed E-state index contributed by atoms with van der Waals surface area (Å²) in [6, 6.07) is 161. The van der Waals surface area contributed by atoms with E-state index in [0.29, 0.717) is 0 Å². The highest BCUT2D eigenvalue weighted by Gasteiger charge is 2.23. The lowest BCUT2D eigenvalue weighted by Gasteiger charge is -2.15. The van der Waals surface area contributed by atoms with Crippen LogP contribution in [0.25, 0.3) is 225 Å². The second-order valence-electron chi connectivity index (χ2n) is 31.8. The summed E-state index contributed by atoms with van der Waals surface area (Å²) in [5.74, 6) is 0. The van der Waals surface area contributed by atoms with Crippen LogP contribution in [0, 0.1) is 0 Å². The van der Waals surface area contributed by atoms with Crippen LogP contribution >= 0.6 is 0 Å². The van der Waals surface area contributed by atoms with E-state index in [-0.39, 0.29) is 0 Å². The van der Waals surface area contributed by atoms with Crippen molar-refractivity contribution < 1.29 is 0 Å². The number of hydrogen-bond donors (Lipinski definition) is 0.